The van der Waals surface area contributed by atoms with Crippen LogP contribution in [0.5, 0.6) is 5.75 Å². The number of hydrogen-bond donors (Lipinski definition) is 1. The van der Waals surface area contributed by atoms with Crippen molar-refractivity contribution in [2.75, 3.05) is 31.1 Å². The first-order valence-electron chi connectivity index (χ1n) is 8.18. The highest BCUT2D eigenvalue weighted by atomic mass is 35.5. The Morgan fingerprint density at radius 3 is 2.33 bits per heavy atom. The van der Waals surface area contributed by atoms with Crippen LogP contribution in [0, 0.1) is 0 Å². The van der Waals surface area contributed by atoms with Gasteiger partial charge in [0.2, 0.25) is 5.91 Å². The van der Waals surface area contributed by atoms with Gasteiger partial charge in [-0.15, -0.1) is 0 Å². The maximum Gasteiger partial charge on any atom is 0.223 e. The Kier molecular flexibility index (Phi) is 5.26. The molecule has 1 heterocycles. The summed E-state index contributed by atoms with van der Waals surface area (Å²) in [5, 5.41) is 10.6. The number of carbonyl (C=O) groups excluding carboxylic acids is 1. The molecule has 0 radical (unpaired) electrons. The van der Waals surface area contributed by atoms with Gasteiger partial charge in [-0.25, -0.2) is 0 Å². The van der Waals surface area contributed by atoms with Crippen molar-refractivity contribution in [1.82, 2.24) is 4.90 Å². The minimum absolute atomic E-state index is 0.182. The van der Waals surface area contributed by atoms with Crippen molar-refractivity contribution in [3.05, 3.63) is 59.1 Å². The standard InChI is InChI=1S/C19H21ClN2O2/c20-16-8-5-15(6-9-16)7-10-19(24)22-13-11-21(12-14-22)17-3-1-2-4-18(17)23/h1-6,8-9,23H,7,10-14H2. The van der Waals surface area contributed by atoms with E-state index in [9.17, 15) is 9.90 Å². The predicted molar refractivity (Wildman–Crippen MR) is 96.7 cm³/mol. The fraction of sp³-hybridized carbons (Fsp3) is 0.316. The van der Waals surface area contributed by atoms with Gasteiger partial charge in [-0.3, -0.25) is 4.79 Å². The maximum atomic E-state index is 12.4. The Morgan fingerprint density at radius 1 is 1.00 bits per heavy atom. The van der Waals surface area contributed by atoms with E-state index in [0.717, 1.165) is 30.8 Å². The summed E-state index contributed by atoms with van der Waals surface area (Å²) in [7, 11) is 0. The molecule has 2 aromatic rings. The van der Waals surface area contributed by atoms with Crippen LogP contribution in [-0.2, 0) is 11.2 Å². The maximum absolute atomic E-state index is 12.4. The molecule has 0 bridgehead atoms. The van der Waals surface area contributed by atoms with E-state index in [0.29, 0.717) is 30.3 Å². The summed E-state index contributed by atoms with van der Waals surface area (Å²) >= 11 is 5.87. The van der Waals surface area contributed by atoms with Gasteiger partial charge >= 0.3 is 0 Å². The van der Waals surface area contributed by atoms with Crippen LogP contribution in [0.1, 0.15) is 12.0 Å². The van der Waals surface area contributed by atoms with E-state index < -0.39 is 0 Å². The molecule has 4 nitrogen and oxygen atoms in total. The second kappa shape index (κ2) is 7.58. The number of halogens is 1. The van der Waals surface area contributed by atoms with Gasteiger partial charge in [-0.1, -0.05) is 35.9 Å². The van der Waals surface area contributed by atoms with Crippen LogP contribution in [0.3, 0.4) is 0 Å². The molecule has 5 heteroatoms. The lowest BCUT2D eigenvalue weighted by Gasteiger charge is -2.36. The van der Waals surface area contributed by atoms with E-state index in [4.69, 9.17) is 11.6 Å². The van der Waals surface area contributed by atoms with Crippen molar-refractivity contribution in [2.45, 2.75) is 12.8 Å². The second-order valence-electron chi connectivity index (χ2n) is 5.98. The average molecular weight is 345 g/mol. The number of nitrogens with zero attached hydrogens (tertiary/aromatic N) is 2. The lowest BCUT2D eigenvalue weighted by molar-refractivity contribution is -0.131. The number of aryl methyl sites for hydroxylation is 1. The molecule has 1 saturated heterocycles. The molecule has 1 fully saturated rings. The molecule has 0 spiro atoms. The molecule has 0 saturated carbocycles. The number of rotatable bonds is 4. The third-order valence-electron chi connectivity index (χ3n) is 4.40. The van der Waals surface area contributed by atoms with Crippen LogP contribution in [-0.4, -0.2) is 42.1 Å². The fourth-order valence-corrected chi connectivity index (χ4v) is 3.11. The van der Waals surface area contributed by atoms with Crippen LogP contribution < -0.4 is 4.90 Å². The summed E-state index contributed by atoms with van der Waals surface area (Å²) in [5.41, 5.74) is 1.96. The Balaban J connectivity index is 1.50. The Hall–Kier alpha value is -2.20. The molecule has 1 aliphatic heterocycles. The van der Waals surface area contributed by atoms with Crippen molar-refractivity contribution in [2.24, 2.45) is 0 Å². The molecule has 3 rings (SSSR count). The van der Waals surface area contributed by atoms with E-state index >= 15 is 0 Å². The smallest absolute Gasteiger partial charge is 0.223 e. The molecular weight excluding hydrogens is 324 g/mol. The van der Waals surface area contributed by atoms with Gasteiger partial charge in [-0.2, -0.15) is 0 Å². The summed E-state index contributed by atoms with van der Waals surface area (Å²) in [6, 6.07) is 15.0. The molecular formula is C19H21ClN2O2. The van der Waals surface area contributed by atoms with Crippen molar-refractivity contribution < 1.29 is 9.90 Å². The SMILES string of the molecule is O=C(CCc1ccc(Cl)cc1)N1CCN(c2ccccc2O)CC1. The van der Waals surface area contributed by atoms with E-state index in [2.05, 4.69) is 4.90 Å². The van der Waals surface area contributed by atoms with Crippen molar-refractivity contribution >= 4 is 23.2 Å². The van der Waals surface area contributed by atoms with E-state index in [1.54, 1.807) is 6.07 Å². The van der Waals surface area contributed by atoms with Crippen molar-refractivity contribution in [1.29, 1.82) is 0 Å². The number of para-hydroxylation sites is 2. The van der Waals surface area contributed by atoms with Crippen molar-refractivity contribution in [3.63, 3.8) is 0 Å². The second-order valence-corrected chi connectivity index (χ2v) is 6.42. The van der Waals surface area contributed by atoms with Gasteiger partial charge in [0.05, 0.1) is 5.69 Å². The largest absolute Gasteiger partial charge is 0.506 e. The minimum atomic E-state index is 0.182. The number of anilines is 1. The number of carbonyl (C=O) groups is 1. The van der Waals surface area contributed by atoms with Crippen LogP contribution >= 0.6 is 11.6 Å². The molecule has 0 aromatic heterocycles. The Bertz CT molecular complexity index is 695. The average Bonchev–Trinajstić information content (AvgIpc) is 2.61. The predicted octanol–water partition coefficient (Wildman–Crippen LogP) is 3.33. The number of benzene rings is 2. The summed E-state index contributed by atoms with van der Waals surface area (Å²) in [4.78, 5) is 16.4. The lowest BCUT2D eigenvalue weighted by Crippen LogP contribution is -2.48. The molecule has 1 N–H and O–H groups in total. The third-order valence-corrected chi connectivity index (χ3v) is 4.65. The zero-order valence-corrected chi connectivity index (χ0v) is 14.2. The topological polar surface area (TPSA) is 43.8 Å². The zero-order valence-electron chi connectivity index (χ0n) is 13.5. The number of phenols is 1. The van der Waals surface area contributed by atoms with Gasteiger partial charge in [-0.05, 0) is 36.2 Å². The number of phenolic OH excluding ortho intramolecular Hbond substituents is 1. The Morgan fingerprint density at radius 2 is 1.67 bits per heavy atom. The zero-order chi connectivity index (χ0) is 16.9. The van der Waals surface area contributed by atoms with Gasteiger partial charge < -0.3 is 14.9 Å². The number of amides is 1. The van der Waals surface area contributed by atoms with Crippen molar-refractivity contribution in [3.8, 4) is 5.75 Å². The fourth-order valence-electron chi connectivity index (χ4n) is 2.99. The quantitative estimate of drug-likeness (QED) is 0.925. The normalized spacial score (nSPS) is 14.7. The highest BCUT2D eigenvalue weighted by Gasteiger charge is 2.22. The summed E-state index contributed by atoms with van der Waals surface area (Å²) in [6.45, 7) is 2.86. The summed E-state index contributed by atoms with van der Waals surface area (Å²) in [5.74, 6) is 0.474. The Labute approximate surface area is 147 Å². The van der Waals surface area contributed by atoms with Gasteiger partial charge in [0.1, 0.15) is 5.75 Å². The number of aromatic hydroxyl groups is 1. The molecule has 0 unspecified atom stereocenters. The number of piperazine rings is 1. The molecule has 1 aliphatic rings. The summed E-state index contributed by atoms with van der Waals surface area (Å²) in [6.07, 6.45) is 1.24. The number of hydrogen-bond acceptors (Lipinski definition) is 3. The van der Waals surface area contributed by atoms with Crippen LogP contribution in [0.4, 0.5) is 5.69 Å². The molecule has 24 heavy (non-hydrogen) atoms. The van der Waals surface area contributed by atoms with Gasteiger partial charge in [0.15, 0.2) is 0 Å². The monoisotopic (exact) mass is 344 g/mol. The first-order chi connectivity index (χ1) is 11.6. The first kappa shape index (κ1) is 16.7. The lowest BCUT2D eigenvalue weighted by atomic mass is 10.1. The molecule has 126 valence electrons. The van der Waals surface area contributed by atoms with E-state index in [1.807, 2.05) is 47.4 Å². The molecule has 1 amide bonds. The van der Waals surface area contributed by atoms with Gasteiger partial charge in [0.25, 0.3) is 0 Å². The highest BCUT2D eigenvalue weighted by molar-refractivity contribution is 6.30. The molecule has 0 aliphatic carbocycles. The minimum Gasteiger partial charge on any atom is -0.506 e. The summed E-state index contributed by atoms with van der Waals surface area (Å²) < 4.78 is 0. The van der Waals surface area contributed by atoms with Crippen LogP contribution in [0.15, 0.2) is 48.5 Å². The molecule has 2 aromatic carbocycles. The van der Waals surface area contributed by atoms with Crippen LogP contribution in [0.25, 0.3) is 0 Å². The third kappa shape index (κ3) is 4.01. The molecule has 0 atom stereocenters. The van der Waals surface area contributed by atoms with Gasteiger partial charge in [0, 0.05) is 37.6 Å². The van der Waals surface area contributed by atoms with Crippen LogP contribution in [0.2, 0.25) is 5.02 Å². The highest BCUT2D eigenvalue weighted by Crippen LogP contribution is 2.27. The van der Waals surface area contributed by atoms with E-state index in [-0.39, 0.29) is 5.91 Å². The van der Waals surface area contributed by atoms with E-state index in [1.165, 1.54) is 0 Å². The first-order valence-corrected chi connectivity index (χ1v) is 8.56.